The molecule has 0 bridgehead atoms. The lowest BCUT2D eigenvalue weighted by molar-refractivity contribution is -0.120. The van der Waals surface area contributed by atoms with Gasteiger partial charge in [0.25, 0.3) is 5.91 Å². The third-order valence-corrected chi connectivity index (χ3v) is 5.66. The molecular formula is C26H28N4O2. The van der Waals surface area contributed by atoms with E-state index in [1.807, 2.05) is 54.6 Å². The van der Waals surface area contributed by atoms with Gasteiger partial charge in [-0.3, -0.25) is 9.59 Å². The predicted octanol–water partition coefficient (Wildman–Crippen LogP) is 3.79. The third-order valence-electron chi connectivity index (χ3n) is 5.66. The summed E-state index contributed by atoms with van der Waals surface area (Å²) < 4.78 is 0. The molecule has 164 valence electrons. The second-order valence-electron chi connectivity index (χ2n) is 7.94. The number of carbonyl (C=O) groups is 2. The van der Waals surface area contributed by atoms with Crippen LogP contribution < -0.4 is 15.5 Å². The first-order valence-electron chi connectivity index (χ1n) is 11.1. The summed E-state index contributed by atoms with van der Waals surface area (Å²) in [6.07, 6.45) is 5.38. The number of hydrogen-bond acceptors (Lipinski definition) is 4. The second-order valence-corrected chi connectivity index (χ2v) is 7.94. The van der Waals surface area contributed by atoms with E-state index >= 15 is 0 Å². The Morgan fingerprint density at radius 1 is 0.812 bits per heavy atom. The largest absolute Gasteiger partial charge is 0.356 e. The zero-order valence-electron chi connectivity index (χ0n) is 18.1. The number of amides is 2. The maximum absolute atomic E-state index is 12.4. The molecule has 0 aliphatic carbocycles. The Hall–Kier alpha value is -3.67. The molecule has 6 nitrogen and oxygen atoms in total. The van der Waals surface area contributed by atoms with Gasteiger partial charge in [0.1, 0.15) is 5.82 Å². The maximum Gasteiger partial charge on any atom is 0.251 e. The maximum atomic E-state index is 12.4. The van der Waals surface area contributed by atoms with E-state index in [1.54, 1.807) is 18.3 Å². The van der Waals surface area contributed by atoms with Crippen LogP contribution >= 0.6 is 0 Å². The van der Waals surface area contributed by atoms with Crippen LogP contribution in [-0.4, -0.2) is 36.4 Å². The molecule has 1 aliphatic rings. The summed E-state index contributed by atoms with van der Waals surface area (Å²) in [7, 11) is 0. The number of rotatable bonds is 7. The lowest BCUT2D eigenvalue weighted by atomic mass is 10.0. The zero-order chi connectivity index (χ0) is 22.2. The standard InChI is InChI=1S/C26H28N4O2/c31-24(28-18-23-10-7-15-27-25(23)30-16-5-2-6-17-30)19-29-26(32)22-13-11-21(12-14-22)20-8-3-1-4-9-20/h1,3-4,7-15H,2,5-6,16-19H2,(H,28,31)(H,29,32). The first kappa shape index (κ1) is 21.6. The van der Waals surface area contributed by atoms with E-state index in [0.29, 0.717) is 12.1 Å². The molecule has 2 aromatic carbocycles. The van der Waals surface area contributed by atoms with Crippen molar-refractivity contribution in [2.75, 3.05) is 24.5 Å². The molecule has 2 N–H and O–H groups in total. The first-order chi connectivity index (χ1) is 15.7. The van der Waals surface area contributed by atoms with Gasteiger partial charge < -0.3 is 15.5 Å². The quantitative estimate of drug-likeness (QED) is 0.601. The van der Waals surface area contributed by atoms with Gasteiger partial charge in [-0.05, 0) is 48.6 Å². The highest BCUT2D eigenvalue weighted by Crippen LogP contribution is 2.21. The number of carbonyl (C=O) groups excluding carboxylic acids is 2. The van der Waals surface area contributed by atoms with E-state index in [9.17, 15) is 9.59 Å². The lowest BCUT2D eigenvalue weighted by Crippen LogP contribution is -2.37. The monoisotopic (exact) mass is 428 g/mol. The van der Waals surface area contributed by atoms with E-state index in [2.05, 4.69) is 20.5 Å². The number of aromatic nitrogens is 1. The summed E-state index contributed by atoms with van der Waals surface area (Å²) in [5, 5.41) is 5.59. The number of nitrogens with one attached hydrogen (secondary N) is 2. The van der Waals surface area contributed by atoms with Crippen LogP contribution in [0.1, 0.15) is 35.2 Å². The fourth-order valence-corrected chi connectivity index (χ4v) is 3.92. The molecule has 6 heteroatoms. The Morgan fingerprint density at radius 2 is 1.53 bits per heavy atom. The molecule has 0 unspecified atom stereocenters. The van der Waals surface area contributed by atoms with Gasteiger partial charge in [0.2, 0.25) is 5.91 Å². The molecule has 0 saturated carbocycles. The van der Waals surface area contributed by atoms with Crippen molar-refractivity contribution >= 4 is 17.6 Å². The van der Waals surface area contributed by atoms with Crippen LogP contribution in [0.4, 0.5) is 5.82 Å². The summed E-state index contributed by atoms with van der Waals surface area (Å²) in [4.78, 5) is 31.6. The van der Waals surface area contributed by atoms with Gasteiger partial charge in [-0.15, -0.1) is 0 Å². The molecule has 1 aliphatic heterocycles. The average Bonchev–Trinajstić information content (AvgIpc) is 2.87. The van der Waals surface area contributed by atoms with Crippen LogP contribution in [0, 0.1) is 0 Å². The number of anilines is 1. The summed E-state index contributed by atoms with van der Waals surface area (Å²) in [5.41, 5.74) is 3.65. The van der Waals surface area contributed by atoms with Crippen molar-refractivity contribution < 1.29 is 9.59 Å². The Labute approximate surface area is 188 Å². The molecule has 0 atom stereocenters. The van der Waals surface area contributed by atoms with Gasteiger partial charge in [0.05, 0.1) is 6.54 Å². The summed E-state index contributed by atoms with van der Waals surface area (Å²) in [6.45, 7) is 2.31. The highest BCUT2D eigenvalue weighted by Gasteiger charge is 2.16. The number of hydrogen-bond donors (Lipinski definition) is 2. The molecule has 1 fully saturated rings. The number of pyridine rings is 1. The van der Waals surface area contributed by atoms with E-state index in [4.69, 9.17) is 0 Å². The first-order valence-corrected chi connectivity index (χ1v) is 11.1. The predicted molar refractivity (Wildman–Crippen MR) is 126 cm³/mol. The number of nitrogens with zero attached hydrogens (tertiary/aromatic N) is 2. The Bertz CT molecular complexity index is 1040. The van der Waals surface area contributed by atoms with E-state index in [-0.39, 0.29) is 18.4 Å². The lowest BCUT2D eigenvalue weighted by Gasteiger charge is -2.29. The second kappa shape index (κ2) is 10.6. The van der Waals surface area contributed by atoms with Crippen LogP contribution in [-0.2, 0) is 11.3 Å². The molecule has 2 amide bonds. The summed E-state index contributed by atoms with van der Waals surface area (Å²) >= 11 is 0. The van der Waals surface area contributed by atoms with Crippen molar-refractivity contribution in [3.05, 3.63) is 84.1 Å². The summed E-state index contributed by atoms with van der Waals surface area (Å²) in [6, 6.07) is 21.2. The fourth-order valence-electron chi connectivity index (χ4n) is 3.92. The molecule has 3 aromatic rings. The smallest absolute Gasteiger partial charge is 0.251 e. The minimum Gasteiger partial charge on any atom is -0.356 e. The van der Waals surface area contributed by atoms with Crippen molar-refractivity contribution in [3.63, 3.8) is 0 Å². The van der Waals surface area contributed by atoms with Gasteiger partial charge in [-0.2, -0.15) is 0 Å². The minimum atomic E-state index is -0.268. The van der Waals surface area contributed by atoms with Crippen LogP contribution in [0.2, 0.25) is 0 Å². The Morgan fingerprint density at radius 3 is 2.28 bits per heavy atom. The Balaban J connectivity index is 1.28. The molecule has 32 heavy (non-hydrogen) atoms. The molecule has 1 saturated heterocycles. The molecule has 2 heterocycles. The van der Waals surface area contributed by atoms with E-state index in [0.717, 1.165) is 35.6 Å². The van der Waals surface area contributed by atoms with E-state index < -0.39 is 0 Å². The summed E-state index contributed by atoms with van der Waals surface area (Å²) in [5.74, 6) is 0.442. The average molecular weight is 429 g/mol. The number of piperidine rings is 1. The van der Waals surface area contributed by atoms with Crippen LogP contribution in [0.25, 0.3) is 11.1 Å². The molecule has 0 radical (unpaired) electrons. The van der Waals surface area contributed by atoms with Gasteiger partial charge in [0, 0.05) is 37.0 Å². The molecular weight excluding hydrogens is 400 g/mol. The van der Waals surface area contributed by atoms with Crippen LogP contribution in [0.15, 0.2) is 72.9 Å². The number of benzene rings is 2. The van der Waals surface area contributed by atoms with Gasteiger partial charge in [-0.25, -0.2) is 4.98 Å². The van der Waals surface area contributed by atoms with Crippen molar-refractivity contribution in [3.8, 4) is 11.1 Å². The van der Waals surface area contributed by atoms with Crippen molar-refractivity contribution in [1.82, 2.24) is 15.6 Å². The minimum absolute atomic E-state index is 0.0709. The zero-order valence-corrected chi connectivity index (χ0v) is 18.1. The van der Waals surface area contributed by atoms with Crippen molar-refractivity contribution in [1.29, 1.82) is 0 Å². The van der Waals surface area contributed by atoms with Crippen molar-refractivity contribution in [2.45, 2.75) is 25.8 Å². The topological polar surface area (TPSA) is 74.3 Å². The molecule has 1 aromatic heterocycles. The van der Waals surface area contributed by atoms with Crippen LogP contribution in [0.5, 0.6) is 0 Å². The fraction of sp³-hybridized carbons (Fsp3) is 0.269. The molecule has 0 spiro atoms. The normalized spacial score (nSPS) is 13.4. The van der Waals surface area contributed by atoms with Gasteiger partial charge in [0.15, 0.2) is 0 Å². The highest BCUT2D eigenvalue weighted by molar-refractivity contribution is 5.96. The van der Waals surface area contributed by atoms with Gasteiger partial charge in [-0.1, -0.05) is 48.5 Å². The molecule has 4 rings (SSSR count). The third kappa shape index (κ3) is 5.52. The van der Waals surface area contributed by atoms with E-state index in [1.165, 1.54) is 19.3 Å². The SMILES string of the molecule is O=C(CNC(=O)c1ccc(-c2ccccc2)cc1)NCc1cccnc1N1CCCCC1. The highest BCUT2D eigenvalue weighted by atomic mass is 16.2. The van der Waals surface area contributed by atoms with Gasteiger partial charge >= 0.3 is 0 Å². The van der Waals surface area contributed by atoms with Crippen molar-refractivity contribution in [2.24, 2.45) is 0 Å². The Kier molecular flexibility index (Phi) is 7.12. The van der Waals surface area contributed by atoms with Crippen LogP contribution in [0.3, 0.4) is 0 Å².